The van der Waals surface area contributed by atoms with Crippen molar-refractivity contribution >= 4 is 0 Å². The van der Waals surface area contributed by atoms with Crippen LogP contribution in [-0.4, -0.2) is 19.7 Å². The maximum atomic E-state index is 9.71. The molecule has 2 unspecified atom stereocenters. The summed E-state index contributed by atoms with van der Waals surface area (Å²) in [6.45, 7) is 3.55. The minimum atomic E-state index is -0.745. The van der Waals surface area contributed by atoms with Crippen molar-refractivity contribution in [3.63, 3.8) is 0 Å². The molecule has 0 aliphatic carbocycles. The van der Waals surface area contributed by atoms with Crippen LogP contribution in [0.4, 0.5) is 0 Å². The van der Waals surface area contributed by atoms with E-state index in [2.05, 4.69) is 21.4 Å². The quantitative estimate of drug-likeness (QED) is 0.386. The Morgan fingerprint density at radius 3 is 3.15 bits per heavy atom. The summed E-state index contributed by atoms with van der Waals surface area (Å²) in [7, 11) is 0. The van der Waals surface area contributed by atoms with Crippen molar-refractivity contribution in [2.24, 2.45) is 11.0 Å². The first kappa shape index (κ1) is 14.2. The van der Waals surface area contributed by atoms with Crippen LogP contribution in [0.1, 0.15) is 18.9 Å². The Morgan fingerprint density at radius 2 is 2.40 bits per heavy atom. The van der Waals surface area contributed by atoms with E-state index in [1.165, 1.54) is 0 Å². The van der Waals surface area contributed by atoms with E-state index in [4.69, 9.17) is 10.3 Å². The van der Waals surface area contributed by atoms with Gasteiger partial charge in [0.1, 0.15) is 11.3 Å². The van der Waals surface area contributed by atoms with Crippen molar-refractivity contribution < 1.29 is 4.74 Å². The van der Waals surface area contributed by atoms with Gasteiger partial charge in [-0.15, -0.1) is 0 Å². The normalized spacial score (nSPS) is 23.9. The first-order valence-electron chi connectivity index (χ1n) is 6.64. The van der Waals surface area contributed by atoms with Gasteiger partial charge in [0.25, 0.3) is 0 Å². The van der Waals surface area contributed by atoms with Crippen LogP contribution in [-0.2, 0) is 5.54 Å². The van der Waals surface area contributed by atoms with Crippen molar-refractivity contribution in [1.82, 2.24) is 5.32 Å². The van der Waals surface area contributed by atoms with Gasteiger partial charge in [0.2, 0.25) is 0 Å². The van der Waals surface area contributed by atoms with E-state index in [0.717, 1.165) is 11.3 Å². The largest absolute Gasteiger partial charge is 0.493 e. The predicted octanol–water partition coefficient (Wildman–Crippen LogP) is 2.72. The minimum absolute atomic E-state index is 0.0434. The molecule has 0 spiro atoms. The Hall–Kier alpha value is -2.22. The lowest BCUT2D eigenvalue weighted by Gasteiger charge is -2.39. The first-order valence-corrected chi connectivity index (χ1v) is 6.64. The maximum absolute atomic E-state index is 9.71. The third-order valence-electron chi connectivity index (χ3n) is 3.62. The molecule has 1 heterocycles. The monoisotopic (exact) mass is 271 g/mol. The summed E-state index contributed by atoms with van der Waals surface area (Å²) in [5, 5.41) is 16.5. The summed E-state index contributed by atoms with van der Waals surface area (Å²) >= 11 is 0. The highest BCUT2D eigenvalue weighted by atomic mass is 16.5. The molecule has 1 aromatic rings. The molecule has 1 N–H and O–H groups in total. The number of azide groups is 1. The lowest BCUT2D eigenvalue weighted by Crippen LogP contribution is -2.51. The number of ether oxygens (including phenoxy) is 1. The average molecular weight is 271 g/mol. The summed E-state index contributed by atoms with van der Waals surface area (Å²) in [5.74, 6) is 0.802. The SMILES string of the molecule is CC1COc2ccccc2C1(C#N)NCCCN=[N+]=[N-]. The molecule has 1 aliphatic heterocycles. The molecule has 6 nitrogen and oxygen atoms in total. The van der Waals surface area contributed by atoms with E-state index in [9.17, 15) is 5.26 Å². The summed E-state index contributed by atoms with van der Waals surface area (Å²) in [6.07, 6.45) is 0.698. The second-order valence-corrected chi connectivity index (χ2v) is 4.86. The smallest absolute Gasteiger partial charge is 0.141 e. The summed E-state index contributed by atoms with van der Waals surface area (Å²) in [5.41, 5.74) is 8.39. The standard InChI is InChI=1S/C14H17N5O/c1-11-9-20-13-6-3-2-5-12(13)14(11,10-15)17-7-4-8-18-19-16/h2-3,5-6,11,17H,4,7-9H2,1H3. The van der Waals surface area contributed by atoms with Gasteiger partial charge in [-0.3, -0.25) is 5.32 Å². The van der Waals surface area contributed by atoms with Crippen molar-refractivity contribution in [3.05, 3.63) is 40.3 Å². The molecule has 0 aromatic heterocycles. The van der Waals surface area contributed by atoms with E-state index < -0.39 is 5.54 Å². The van der Waals surface area contributed by atoms with Crippen LogP contribution >= 0.6 is 0 Å². The topological polar surface area (TPSA) is 93.8 Å². The Bertz CT molecular complexity index is 561. The number of nitrogens with zero attached hydrogens (tertiary/aromatic N) is 4. The number of nitriles is 1. The molecule has 2 atom stereocenters. The molecule has 2 rings (SSSR count). The zero-order chi connectivity index (χ0) is 14.4. The zero-order valence-corrected chi connectivity index (χ0v) is 11.4. The van der Waals surface area contributed by atoms with Crippen molar-refractivity contribution in [1.29, 1.82) is 5.26 Å². The fourth-order valence-electron chi connectivity index (χ4n) is 2.48. The van der Waals surface area contributed by atoms with Crippen LogP contribution in [0.25, 0.3) is 10.4 Å². The second-order valence-electron chi connectivity index (χ2n) is 4.86. The Balaban J connectivity index is 2.20. The summed E-state index contributed by atoms with van der Waals surface area (Å²) in [4.78, 5) is 2.72. The molecule has 0 saturated heterocycles. The number of nitrogens with one attached hydrogen (secondary N) is 1. The van der Waals surface area contributed by atoms with Crippen LogP contribution in [0.2, 0.25) is 0 Å². The van der Waals surface area contributed by atoms with Crippen molar-refractivity contribution in [2.75, 3.05) is 19.7 Å². The van der Waals surface area contributed by atoms with Crippen LogP contribution < -0.4 is 10.1 Å². The number of rotatable bonds is 5. The Kier molecular flexibility index (Phi) is 4.46. The fraction of sp³-hybridized carbons (Fsp3) is 0.500. The predicted molar refractivity (Wildman–Crippen MR) is 75.0 cm³/mol. The third kappa shape index (κ3) is 2.55. The van der Waals surface area contributed by atoms with E-state index in [0.29, 0.717) is 26.1 Å². The maximum Gasteiger partial charge on any atom is 0.141 e. The van der Waals surface area contributed by atoms with Crippen LogP contribution in [0.15, 0.2) is 29.4 Å². The zero-order valence-electron chi connectivity index (χ0n) is 11.4. The highest BCUT2D eigenvalue weighted by Gasteiger charge is 2.43. The molecule has 20 heavy (non-hydrogen) atoms. The lowest BCUT2D eigenvalue weighted by atomic mass is 9.78. The Labute approximate surface area is 118 Å². The highest BCUT2D eigenvalue weighted by molar-refractivity contribution is 5.45. The van der Waals surface area contributed by atoms with Gasteiger partial charge in [-0.2, -0.15) is 5.26 Å². The third-order valence-corrected chi connectivity index (χ3v) is 3.62. The molecule has 1 aliphatic rings. The number of fused-ring (bicyclic) bond motifs is 1. The number of benzene rings is 1. The highest BCUT2D eigenvalue weighted by Crippen LogP contribution is 2.39. The molecular weight excluding hydrogens is 254 g/mol. The number of hydrogen-bond donors (Lipinski definition) is 1. The minimum Gasteiger partial charge on any atom is -0.493 e. The van der Waals surface area contributed by atoms with E-state index in [1.54, 1.807) is 0 Å². The summed E-state index contributed by atoms with van der Waals surface area (Å²) < 4.78 is 5.68. The van der Waals surface area contributed by atoms with E-state index >= 15 is 0 Å². The molecular formula is C14H17N5O. The molecule has 0 bridgehead atoms. The van der Waals surface area contributed by atoms with Gasteiger partial charge in [0.05, 0.1) is 12.7 Å². The first-order chi connectivity index (χ1) is 9.74. The molecule has 6 heteroatoms. The van der Waals surface area contributed by atoms with Gasteiger partial charge in [0, 0.05) is 22.9 Å². The van der Waals surface area contributed by atoms with Gasteiger partial charge in [-0.1, -0.05) is 30.2 Å². The molecule has 1 aromatic carbocycles. The van der Waals surface area contributed by atoms with E-state index in [1.807, 2.05) is 31.2 Å². The number of para-hydroxylation sites is 1. The fourth-order valence-corrected chi connectivity index (χ4v) is 2.48. The van der Waals surface area contributed by atoms with Gasteiger partial charge in [0.15, 0.2) is 0 Å². The van der Waals surface area contributed by atoms with E-state index in [-0.39, 0.29) is 5.92 Å². The molecule has 104 valence electrons. The lowest BCUT2D eigenvalue weighted by molar-refractivity contribution is 0.150. The van der Waals surface area contributed by atoms with Gasteiger partial charge in [-0.05, 0) is 24.6 Å². The molecule has 0 fully saturated rings. The van der Waals surface area contributed by atoms with Crippen molar-refractivity contribution in [2.45, 2.75) is 18.9 Å². The average Bonchev–Trinajstić information content (AvgIpc) is 2.49. The Morgan fingerprint density at radius 1 is 1.60 bits per heavy atom. The second kappa shape index (κ2) is 6.29. The summed E-state index contributed by atoms with van der Waals surface area (Å²) in [6, 6.07) is 10.0. The van der Waals surface area contributed by atoms with Gasteiger partial charge in [-0.25, -0.2) is 0 Å². The van der Waals surface area contributed by atoms with Crippen LogP contribution in [0.3, 0.4) is 0 Å². The van der Waals surface area contributed by atoms with Crippen LogP contribution in [0, 0.1) is 17.2 Å². The van der Waals surface area contributed by atoms with Gasteiger partial charge >= 0.3 is 0 Å². The molecule has 0 amide bonds. The van der Waals surface area contributed by atoms with Gasteiger partial charge < -0.3 is 4.74 Å². The molecule has 0 radical (unpaired) electrons. The number of hydrogen-bond acceptors (Lipinski definition) is 4. The van der Waals surface area contributed by atoms with Crippen LogP contribution in [0.5, 0.6) is 5.75 Å². The van der Waals surface area contributed by atoms with Crippen molar-refractivity contribution in [3.8, 4) is 11.8 Å². The molecule has 0 saturated carbocycles.